The minimum Gasteiger partial charge on any atom is -0.485 e. The molecule has 0 spiro atoms. The third-order valence-electron chi connectivity index (χ3n) is 2.35. The van der Waals surface area contributed by atoms with E-state index >= 15 is 0 Å². The lowest BCUT2D eigenvalue weighted by Crippen LogP contribution is -1.96. The smallest absolute Gasteiger partial charge is 0.168 e. The van der Waals surface area contributed by atoms with Crippen LogP contribution >= 0.6 is 0 Å². The fraction of sp³-hybridized carbons (Fsp3) is 0.500. The van der Waals surface area contributed by atoms with Gasteiger partial charge < -0.3 is 9.15 Å². The molecule has 0 bridgehead atoms. The van der Waals surface area contributed by atoms with Crippen LogP contribution in [0.25, 0.3) is 6.08 Å². The molecular weight excluding hydrogens is 176 g/mol. The van der Waals surface area contributed by atoms with Crippen molar-refractivity contribution in [2.45, 2.75) is 26.7 Å². The molecule has 2 rings (SSSR count). The van der Waals surface area contributed by atoms with E-state index in [2.05, 4.69) is 13.8 Å². The van der Waals surface area contributed by atoms with Crippen molar-refractivity contribution in [2.24, 2.45) is 5.92 Å². The Morgan fingerprint density at radius 2 is 2.29 bits per heavy atom. The molecule has 1 aliphatic rings. The average Bonchev–Trinajstić information content (AvgIpc) is 2.57. The molecule has 0 radical (unpaired) electrons. The lowest BCUT2D eigenvalue weighted by atomic mass is 10.1. The van der Waals surface area contributed by atoms with E-state index in [1.807, 2.05) is 18.2 Å². The number of fused-ring (bicyclic) bond motifs is 1. The number of aryl methyl sites for hydroxylation is 1. The van der Waals surface area contributed by atoms with Gasteiger partial charge in [0.25, 0.3) is 0 Å². The summed E-state index contributed by atoms with van der Waals surface area (Å²) in [6.45, 7) is 5.11. The number of hydrogen-bond donors (Lipinski definition) is 0. The molecule has 0 N–H and O–H groups in total. The van der Waals surface area contributed by atoms with Gasteiger partial charge in [-0.3, -0.25) is 0 Å². The Bertz CT molecular complexity index is 334. The van der Waals surface area contributed by atoms with Crippen LogP contribution in [0.2, 0.25) is 0 Å². The minimum atomic E-state index is 0.663. The van der Waals surface area contributed by atoms with Gasteiger partial charge >= 0.3 is 0 Å². The molecule has 1 aromatic heterocycles. The quantitative estimate of drug-likeness (QED) is 0.733. The molecule has 76 valence electrons. The van der Waals surface area contributed by atoms with E-state index in [4.69, 9.17) is 9.15 Å². The van der Waals surface area contributed by atoms with E-state index in [-0.39, 0.29) is 0 Å². The number of ether oxygens (including phenoxy) is 1. The van der Waals surface area contributed by atoms with Crippen LogP contribution in [0.15, 0.2) is 16.6 Å². The Labute approximate surface area is 84.6 Å². The molecule has 0 amide bonds. The van der Waals surface area contributed by atoms with Gasteiger partial charge in [0, 0.05) is 12.5 Å². The first kappa shape index (κ1) is 9.38. The molecule has 0 unspecified atom stereocenters. The predicted molar refractivity (Wildman–Crippen MR) is 56.4 cm³/mol. The first-order chi connectivity index (χ1) is 6.75. The molecule has 0 aliphatic carbocycles. The zero-order valence-corrected chi connectivity index (χ0v) is 8.75. The Balaban J connectivity index is 2.06. The number of furan rings is 1. The number of hydrogen-bond acceptors (Lipinski definition) is 2. The maximum atomic E-state index is 5.64. The molecule has 0 aromatic carbocycles. The number of rotatable bonds is 3. The van der Waals surface area contributed by atoms with Crippen molar-refractivity contribution in [1.29, 1.82) is 0 Å². The second-order valence-corrected chi connectivity index (χ2v) is 4.09. The minimum absolute atomic E-state index is 0.663. The standard InChI is InChI=1S/C12H16O2/c1-9(2)5-6-10-8-12-11(14-10)4-3-7-13-12/h3-4,8-9H,5-7H2,1-2H3. The maximum Gasteiger partial charge on any atom is 0.168 e. The largest absolute Gasteiger partial charge is 0.485 e. The second-order valence-electron chi connectivity index (χ2n) is 4.09. The highest BCUT2D eigenvalue weighted by atomic mass is 16.5. The van der Waals surface area contributed by atoms with Crippen molar-refractivity contribution in [3.8, 4) is 5.75 Å². The zero-order valence-electron chi connectivity index (χ0n) is 8.75. The highest BCUT2D eigenvalue weighted by Crippen LogP contribution is 2.28. The summed E-state index contributed by atoms with van der Waals surface area (Å²) in [4.78, 5) is 0. The molecule has 1 aromatic rings. The highest BCUT2D eigenvalue weighted by Gasteiger charge is 2.12. The summed E-state index contributed by atoms with van der Waals surface area (Å²) in [5, 5.41) is 0. The van der Waals surface area contributed by atoms with Crippen LogP contribution in [-0.2, 0) is 6.42 Å². The van der Waals surface area contributed by atoms with E-state index in [1.165, 1.54) is 0 Å². The third-order valence-corrected chi connectivity index (χ3v) is 2.35. The van der Waals surface area contributed by atoms with Crippen LogP contribution in [-0.4, -0.2) is 6.61 Å². The van der Waals surface area contributed by atoms with Crippen molar-refractivity contribution in [3.63, 3.8) is 0 Å². The Kier molecular flexibility index (Phi) is 2.62. The summed E-state index contributed by atoms with van der Waals surface area (Å²) in [5.41, 5.74) is 0. The maximum absolute atomic E-state index is 5.64. The summed E-state index contributed by atoms with van der Waals surface area (Å²) >= 11 is 0. The summed E-state index contributed by atoms with van der Waals surface area (Å²) in [7, 11) is 0. The summed E-state index contributed by atoms with van der Waals surface area (Å²) in [5.74, 6) is 3.52. The van der Waals surface area contributed by atoms with E-state index in [0.29, 0.717) is 12.5 Å². The normalized spacial score (nSPS) is 14.2. The fourth-order valence-electron chi connectivity index (χ4n) is 1.51. The van der Waals surface area contributed by atoms with Gasteiger partial charge in [0.2, 0.25) is 0 Å². The Morgan fingerprint density at radius 3 is 3.00 bits per heavy atom. The molecule has 0 saturated carbocycles. The lowest BCUT2D eigenvalue weighted by molar-refractivity contribution is 0.348. The topological polar surface area (TPSA) is 22.4 Å². The van der Waals surface area contributed by atoms with Crippen LogP contribution in [0.5, 0.6) is 5.75 Å². The van der Waals surface area contributed by atoms with E-state index in [1.54, 1.807) is 0 Å². The molecule has 2 heterocycles. The fourth-order valence-corrected chi connectivity index (χ4v) is 1.51. The van der Waals surface area contributed by atoms with Crippen molar-refractivity contribution in [2.75, 3.05) is 6.61 Å². The molecule has 2 heteroatoms. The molecule has 14 heavy (non-hydrogen) atoms. The van der Waals surface area contributed by atoms with E-state index in [0.717, 1.165) is 30.1 Å². The molecule has 2 nitrogen and oxygen atoms in total. The van der Waals surface area contributed by atoms with Crippen LogP contribution in [0, 0.1) is 5.92 Å². The van der Waals surface area contributed by atoms with Gasteiger partial charge in [0.05, 0.1) is 0 Å². The average molecular weight is 192 g/mol. The second kappa shape index (κ2) is 3.91. The van der Waals surface area contributed by atoms with Gasteiger partial charge in [-0.05, 0) is 24.5 Å². The van der Waals surface area contributed by atoms with Crippen molar-refractivity contribution in [1.82, 2.24) is 0 Å². The van der Waals surface area contributed by atoms with Gasteiger partial charge in [-0.15, -0.1) is 0 Å². The summed E-state index contributed by atoms with van der Waals surface area (Å²) in [6.07, 6.45) is 6.12. The van der Waals surface area contributed by atoms with E-state index in [9.17, 15) is 0 Å². The summed E-state index contributed by atoms with van der Waals surface area (Å²) in [6, 6.07) is 2.02. The predicted octanol–water partition coefficient (Wildman–Crippen LogP) is 3.27. The van der Waals surface area contributed by atoms with Gasteiger partial charge in [0.15, 0.2) is 11.5 Å². The van der Waals surface area contributed by atoms with Crippen LogP contribution < -0.4 is 4.74 Å². The van der Waals surface area contributed by atoms with Gasteiger partial charge in [-0.25, -0.2) is 0 Å². The molecule has 0 saturated heterocycles. The Hall–Kier alpha value is -1.18. The van der Waals surface area contributed by atoms with Crippen LogP contribution in [0.1, 0.15) is 31.8 Å². The highest BCUT2D eigenvalue weighted by molar-refractivity contribution is 5.54. The van der Waals surface area contributed by atoms with Crippen molar-refractivity contribution >= 4 is 6.08 Å². The van der Waals surface area contributed by atoms with E-state index < -0.39 is 0 Å². The molecule has 0 fully saturated rings. The monoisotopic (exact) mass is 192 g/mol. The molecule has 1 aliphatic heterocycles. The van der Waals surface area contributed by atoms with Crippen molar-refractivity contribution < 1.29 is 9.15 Å². The lowest BCUT2D eigenvalue weighted by Gasteiger charge is -2.03. The first-order valence-corrected chi connectivity index (χ1v) is 5.18. The van der Waals surface area contributed by atoms with Gasteiger partial charge in [-0.2, -0.15) is 0 Å². The first-order valence-electron chi connectivity index (χ1n) is 5.18. The van der Waals surface area contributed by atoms with Gasteiger partial charge in [-0.1, -0.05) is 13.8 Å². The van der Waals surface area contributed by atoms with Crippen molar-refractivity contribution in [3.05, 3.63) is 23.7 Å². The van der Waals surface area contributed by atoms with Gasteiger partial charge in [0.1, 0.15) is 12.4 Å². The molecular formula is C12H16O2. The summed E-state index contributed by atoms with van der Waals surface area (Å²) < 4.78 is 11.1. The third kappa shape index (κ3) is 2.00. The zero-order chi connectivity index (χ0) is 9.97. The van der Waals surface area contributed by atoms with Crippen LogP contribution in [0.4, 0.5) is 0 Å². The Morgan fingerprint density at radius 1 is 1.43 bits per heavy atom. The van der Waals surface area contributed by atoms with Crippen LogP contribution in [0.3, 0.4) is 0 Å². The SMILES string of the molecule is CC(C)CCc1cc2c(o1)C=CCO2. The molecule has 0 atom stereocenters.